The predicted molar refractivity (Wildman–Crippen MR) is 161 cm³/mol. The summed E-state index contributed by atoms with van der Waals surface area (Å²) in [6.45, 7) is 11.3. The first kappa shape index (κ1) is 30.2. The molecule has 3 unspecified atom stereocenters. The van der Waals surface area contributed by atoms with Crippen LogP contribution in [0.5, 0.6) is 0 Å². The third kappa shape index (κ3) is 5.32. The minimum atomic E-state index is -0.767. The van der Waals surface area contributed by atoms with Gasteiger partial charge in [-0.1, -0.05) is 58.7 Å². The molecule has 0 saturated carbocycles. The summed E-state index contributed by atoms with van der Waals surface area (Å²) in [5.74, 6) is -1.54. The van der Waals surface area contributed by atoms with Gasteiger partial charge >= 0.3 is 0 Å². The van der Waals surface area contributed by atoms with E-state index in [1.165, 1.54) is 0 Å². The van der Waals surface area contributed by atoms with Crippen molar-refractivity contribution in [1.29, 1.82) is 0 Å². The summed E-state index contributed by atoms with van der Waals surface area (Å²) in [4.78, 5) is 47.9. The maximum Gasteiger partial charge on any atom is 0.251 e. The Hall–Kier alpha value is -1.81. The van der Waals surface area contributed by atoms with E-state index in [-0.39, 0.29) is 41.0 Å². The number of para-hydroxylation sites is 1. The fourth-order valence-corrected chi connectivity index (χ4v) is 10.3. The predicted octanol–water partition coefficient (Wildman–Crippen LogP) is 4.52. The van der Waals surface area contributed by atoms with Gasteiger partial charge in [-0.15, -0.1) is 24.9 Å². The zero-order chi connectivity index (χ0) is 28.3. The number of thioether (sulfide) groups is 1. The molecule has 3 heterocycles. The van der Waals surface area contributed by atoms with Gasteiger partial charge in [0.05, 0.1) is 27.3 Å². The van der Waals surface area contributed by atoms with Crippen LogP contribution in [-0.4, -0.2) is 86.3 Å². The van der Waals surface area contributed by atoms with Gasteiger partial charge in [-0.05, 0) is 37.8 Å². The quantitative estimate of drug-likeness (QED) is 0.195. The molecule has 6 atom stereocenters. The van der Waals surface area contributed by atoms with E-state index in [1.807, 2.05) is 19.1 Å². The minimum Gasteiger partial charge on any atom is -0.396 e. The molecule has 10 heteroatoms. The van der Waals surface area contributed by atoms with Crippen LogP contribution in [0, 0.1) is 11.8 Å². The molecule has 0 aliphatic carbocycles. The zero-order valence-corrected chi connectivity index (χ0v) is 25.5. The number of hydrogen-bond donors (Lipinski definition) is 1. The number of anilines is 1. The normalized spacial score (nSPS) is 28.9. The van der Waals surface area contributed by atoms with Crippen LogP contribution < -0.4 is 4.90 Å². The molecule has 1 aromatic rings. The third-order valence-corrected chi connectivity index (χ3v) is 11.5. The van der Waals surface area contributed by atoms with Gasteiger partial charge < -0.3 is 19.8 Å². The summed E-state index contributed by atoms with van der Waals surface area (Å²) in [5, 5.41) is 9.75. The average molecular weight is 639 g/mol. The smallest absolute Gasteiger partial charge is 0.251 e. The van der Waals surface area contributed by atoms with Crippen LogP contribution in [0.2, 0.25) is 5.02 Å². The van der Waals surface area contributed by atoms with E-state index >= 15 is 0 Å². The Morgan fingerprint density at radius 3 is 2.59 bits per heavy atom. The molecule has 4 rings (SSSR count). The Morgan fingerprint density at radius 2 is 1.95 bits per heavy atom. The summed E-state index contributed by atoms with van der Waals surface area (Å²) in [5.41, 5.74) is 0.562. The Labute approximate surface area is 248 Å². The Bertz CT molecular complexity index is 1120. The molecule has 0 aromatic heterocycles. The number of aliphatic hydroxyl groups excluding tert-OH is 1. The van der Waals surface area contributed by atoms with Crippen molar-refractivity contribution in [2.75, 3.05) is 37.7 Å². The summed E-state index contributed by atoms with van der Waals surface area (Å²) in [6, 6.07) is 6.40. The van der Waals surface area contributed by atoms with E-state index in [0.717, 1.165) is 6.42 Å². The van der Waals surface area contributed by atoms with Crippen molar-refractivity contribution in [3.8, 4) is 0 Å². The van der Waals surface area contributed by atoms with Crippen molar-refractivity contribution >= 4 is 62.7 Å². The highest BCUT2D eigenvalue weighted by Gasteiger charge is 2.76. The highest BCUT2D eigenvalue weighted by Crippen LogP contribution is 2.68. The van der Waals surface area contributed by atoms with Crippen LogP contribution in [0.3, 0.4) is 0 Å². The van der Waals surface area contributed by atoms with Crippen LogP contribution >= 0.6 is 39.3 Å². The number of aliphatic hydroxyl groups is 1. The van der Waals surface area contributed by atoms with Crippen LogP contribution in [0.15, 0.2) is 49.6 Å². The maximum atomic E-state index is 14.6. The van der Waals surface area contributed by atoms with Gasteiger partial charge in [0.25, 0.3) is 5.91 Å². The van der Waals surface area contributed by atoms with E-state index in [2.05, 4.69) is 29.1 Å². The van der Waals surface area contributed by atoms with E-state index in [1.54, 1.807) is 50.7 Å². The van der Waals surface area contributed by atoms with Crippen molar-refractivity contribution in [2.24, 2.45) is 11.8 Å². The Kier molecular flexibility index (Phi) is 9.89. The number of hydrogen-bond acceptors (Lipinski definition) is 5. The molecule has 3 aliphatic heterocycles. The van der Waals surface area contributed by atoms with Gasteiger partial charge in [-0.3, -0.25) is 14.4 Å². The number of amides is 3. The maximum absolute atomic E-state index is 14.6. The summed E-state index contributed by atoms with van der Waals surface area (Å²) in [6.07, 6.45) is 5.86. The molecular weight excluding hydrogens is 602 g/mol. The number of carbonyl (C=O) groups is 3. The summed E-state index contributed by atoms with van der Waals surface area (Å²) < 4.78 is -0.751. The lowest BCUT2D eigenvalue weighted by Gasteiger charge is -2.38. The SMILES string of the molecule is C=CCN(CCC)C(=O)[C@H]1[C@@H]2SC3(CC2Br)C(C(=O)N(CC=C)c2ccccc2Cl)N(CCCCO)C(=O)[C@H]13. The monoisotopic (exact) mass is 637 g/mol. The van der Waals surface area contributed by atoms with Crippen LogP contribution in [0.1, 0.15) is 32.6 Å². The molecule has 3 saturated heterocycles. The number of nitrogens with zero attached hydrogens (tertiary/aromatic N) is 3. The third-order valence-electron chi connectivity index (χ3n) is 7.99. The van der Waals surface area contributed by atoms with E-state index in [0.29, 0.717) is 49.6 Å². The second-order valence-corrected chi connectivity index (χ2v) is 13.5. The van der Waals surface area contributed by atoms with Gasteiger partial charge in [0, 0.05) is 42.9 Å². The van der Waals surface area contributed by atoms with Crippen LogP contribution in [0.4, 0.5) is 5.69 Å². The molecule has 2 bridgehead atoms. The minimum absolute atomic E-state index is 0.00596. The number of fused-ring (bicyclic) bond motifs is 1. The number of rotatable bonds is 13. The number of alkyl halides is 1. The van der Waals surface area contributed by atoms with Crippen LogP contribution in [0.25, 0.3) is 0 Å². The standard InChI is InChI=1S/C29H37BrClN3O4S/c1-4-13-32(14-5-2)26(36)22-23-27(37)34(16-9-10-17-35)25(29(23)18-19(30)24(22)39-29)28(38)33(15-6-3)21-12-8-7-11-20(21)31/h4,6-8,11-12,19,22-25,35H,1,3,5,9-10,13-18H2,2H3/t19?,22-,23+,24-,25?,29?/m1/s1. The first-order valence-corrected chi connectivity index (χ1v) is 15.7. The lowest BCUT2D eigenvalue weighted by molar-refractivity contribution is -0.143. The number of likely N-dealkylation sites (tertiary alicyclic amines) is 1. The van der Waals surface area contributed by atoms with Crippen molar-refractivity contribution < 1.29 is 19.5 Å². The first-order valence-electron chi connectivity index (χ1n) is 13.6. The molecule has 1 spiro atoms. The Balaban J connectivity index is 1.79. The van der Waals surface area contributed by atoms with Gasteiger partial charge in [0.1, 0.15) is 6.04 Å². The van der Waals surface area contributed by atoms with Crippen molar-refractivity contribution in [3.63, 3.8) is 0 Å². The second-order valence-electron chi connectivity index (χ2n) is 10.4. The first-order chi connectivity index (χ1) is 18.8. The number of halogens is 2. The summed E-state index contributed by atoms with van der Waals surface area (Å²) >= 11 is 12.0. The lowest BCUT2D eigenvalue weighted by Crippen LogP contribution is -2.56. The van der Waals surface area contributed by atoms with Crippen molar-refractivity contribution in [3.05, 3.63) is 54.6 Å². The van der Waals surface area contributed by atoms with Crippen molar-refractivity contribution in [1.82, 2.24) is 9.80 Å². The molecule has 1 aromatic carbocycles. The van der Waals surface area contributed by atoms with Crippen molar-refractivity contribution in [2.45, 2.75) is 53.5 Å². The van der Waals surface area contributed by atoms with E-state index in [4.69, 9.17) is 11.6 Å². The molecule has 212 valence electrons. The molecule has 1 N–H and O–H groups in total. The van der Waals surface area contributed by atoms with E-state index < -0.39 is 22.6 Å². The number of benzene rings is 1. The fraction of sp³-hybridized carbons (Fsp3) is 0.552. The molecule has 3 fully saturated rings. The number of unbranched alkanes of at least 4 members (excludes halogenated alkanes) is 1. The fourth-order valence-electron chi connectivity index (χ4n) is 6.51. The molecular formula is C29H37BrClN3O4S. The van der Waals surface area contributed by atoms with Gasteiger partial charge in [-0.2, -0.15) is 0 Å². The Morgan fingerprint density at radius 1 is 1.23 bits per heavy atom. The molecule has 3 amide bonds. The largest absolute Gasteiger partial charge is 0.396 e. The number of carbonyl (C=O) groups excluding carboxylic acids is 3. The summed E-state index contributed by atoms with van der Waals surface area (Å²) in [7, 11) is 0. The lowest BCUT2D eigenvalue weighted by atomic mass is 9.70. The van der Waals surface area contributed by atoms with Gasteiger partial charge in [-0.25, -0.2) is 0 Å². The van der Waals surface area contributed by atoms with E-state index in [9.17, 15) is 19.5 Å². The van der Waals surface area contributed by atoms with Gasteiger partial charge in [0.15, 0.2) is 0 Å². The van der Waals surface area contributed by atoms with Crippen LogP contribution in [-0.2, 0) is 14.4 Å². The second kappa shape index (κ2) is 12.8. The molecule has 0 radical (unpaired) electrons. The molecule has 3 aliphatic rings. The zero-order valence-electron chi connectivity index (χ0n) is 22.3. The highest BCUT2D eigenvalue weighted by atomic mass is 79.9. The van der Waals surface area contributed by atoms with Gasteiger partial charge in [0.2, 0.25) is 11.8 Å². The average Bonchev–Trinajstić information content (AvgIpc) is 3.50. The molecule has 39 heavy (non-hydrogen) atoms. The molecule has 7 nitrogen and oxygen atoms in total. The highest BCUT2D eigenvalue weighted by molar-refractivity contribution is 9.09. The topological polar surface area (TPSA) is 81.2 Å².